The monoisotopic (exact) mass is 439 g/mol. The van der Waals surface area contributed by atoms with Gasteiger partial charge in [0.2, 0.25) is 5.91 Å². The Balaban J connectivity index is 1.47. The van der Waals surface area contributed by atoms with Crippen LogP contribution in [0.25, 0.3) is 10.9 Å². The van der Waals surface area contributed by atoms with E-state index in [1.54, 1.807) is 31.3 Å². The summed E-state index contributed by atoms with van der Waals surface area (Å²) in [5, 5.41) is 3.36. The Hall–Kier alpha value is -3.23. The number of hydrogen-bond acceptors (Lipinski definition) is 5. The number of hydrogen-bond donors (Lipinski definition) is 2. The average Bonchev–Trinajstić information content (AvgIpc) is 2.89. The molecular weight excluding hydrogens is 410 g/mol. The Morgan fingerprint density at radius 2 is 1.94 bits per heavy atom. The lowest BCUT2D eigenvalue weighted by Crippen LogP contribution is -2.54. The molecule has 1 spiro atoms. The highest BCUT2D eigenvalue weighted by atomic mass is 16.2. The minimum atomic E-state index is -0.942. The van der Waals surface area contributed by atoms with Crippen LogP contribution in [0.2, 0.25) is 0 Å². The number of carbonyl (C=O) groups excluding carboxylic acids is 3. The van der Waals surface area contributed by atoms with E-state index in [0.717, 1.165) is 11.3 Å². The number of imide groups is 1. The fourth-order valence-corrected chi connectivity index (χ4v) is 5.43. The highest BCUT2D eigenvalue weighted by molar-refractivity contribution is 6.09. The molecule has 170 valence electrons. The molecule has 9 nitrogen and oxygen atoms in total. The first-order chi connectivity index (χ1) is 15.0. The predicted octanol–water partition coefficient (Wildman–Crippen LogP) is 2.02. The first-order valence-electron chi connectivity index (χ1n) is 10.9. The van der Waals surface area contributed by atoms with Crippen molar-refractivity contribution in [3.63, 3.8) is 0 Å². The van der Waals surface area contributed by atoms with Crippen LogP contribution >= 0.6 is 0 Å². The van der Waals surface area contributed by atoms with E-state index in [0.29, 0.717) is 29.6 Å². The van der Waals surface area contributed by atoms with Crippen LogP contribution in [0, 0.1) is 11.3 Å². The standard InChI is InChI=1S/C23H29N5O4/c1-14-9-22(2,3)13-23(10-14)20(31)28(21(32)26-23)12-18(29)27(4)11-17-24-16-8-6-5-7-15(16)19(30)25-17/h5-8,14H,9-13H2,1-4H3,(H,26,32)(H,24,25,30)/t14-,23-/m1/s1. The van der Waals surface area contributed by atoms with Gasteiger partial charge < -0.3 is 15.2 Å². The maximum Gasteiger partial charge on any atom is 0.325 e. The Morgan fingerprint density at radius 3 is 2.66 bits per heavy atom. The molecule has 1 aromatic heterocycles. The Bertz CT molecular complexity index is 1160. The summed E-state index contributed by atoms with van der Waals surface area (Å²) in [6.07, 6.45) is 2.11. The van der Waals surface area contributed by atoms with Gasteiger partial charge >= 0.3 is 6.03 Å². The van der Waals surface area contributed by atoms with Gasteiger partial charge in [-0.2, -0.15) is 0 Å². The molecule has 1 aliphatic heterocycles. The van der Waals surface area contributed by atoms with Gasteiger partial charge in [0.15, 0.2) is 0 Å². The van der Waals surface area contributed by atoms with Gasteiger partial charge in [0.05, 0.1) is 17.4 Å². The van der Waals surface area contributed by atoms with Crippen LogP contribution in [-0.2, 0) is 16.1 Å². The van der Waals surface area contributed by atoms with Crippen LogP contribution in [-0.4, -0.2) is 56.7 Å². The molecular formula is C23H29N5O4. The average molecular weight is 440 g/mol. The molecule has 2 N–H and O–H groups in total. The number of rotatable bonds is 4. The van der Waals surface area contributed by atoms with Crippen molar-refractivity contribution in [2.24, 2.45) is 11.3 Å². The predicted molar refractivity (Wildman–Crippen MR) is 119 cm³/mol. The minimum Gasteiger partial charge on any atom is -0.337 e. The quantitative estimate of drug-likeness (QED) is 0.707. The number of carbonyl (C=O) groups is 3. The van der Waals surface area contributed by atoms with Gasteiger partial charge in [-0.25, -0.2) is 9.78 Å². The number of urea groups is 1. The van der Waals surface area contributed by atoms with E-state index in [4.69, 9.17) is 0 Å². The van der Waals surface area contributed by atoms with Crippen LogP contribution in [0.1, 0.15) is 45.9 Å². The normalized spacial score (nSPS) is 24.8. The third kappa shape index (κ3) is 3.99. The Kier molecular flexibility index (Phi) is 5.30. The molecule has 4 rings (SSSR count). The largest absolute Gasteiger partial charge is 0.337 e. The van der Waals surface area contributed by atoms with Crippen molar-refractivity contribution in [3.8, 4) is 0 Å². The van der Waals surface area contributed by atoms with Crippen LogP contribution in [0.5, 0.6) is 0 Å². The second-order valence-corrected chi connectivity index (χ2v) is 10.0. The summed E-state index contributed by atoms with van der Waals surface area (Å²) < 4.78 is 0. The SMILES string of the molecule is C[C@@H]1CC(C)(C)C[C@@]2(C1)NC(=O)N(CC(=O)N(C)Cc1nc3ccccc3c(=O)[nH]1)C2=O. The van der Waals surface area contributed by atoms with Crippen molar-refractivity contribution in [1.82, 2.24) is 25.1 Å². The van der Waals surface area contributed by atoms with Crippen molar-refractivity contribution in [2.75, 3.05) is 13.6 Å². The number of nitrogens with one attached hydrogen (secondary N) is 2. The highest BCUT2D eigenvalue weighted by Gasteiger charge is 2.56. The zero-order chi connectivity index (χ0) is 23.3. The maximum atomic E-state index is 13.2. The fraction of sp³-hybridized carbons (Fsp3) is 0.522. The summed E-state index contributed by atoms with van der Waals surface area (Å²) in [5.74, 6) is -0.121. The number of benzene rings is 1. The number of likely N-dealkylation sites (N-methyl/N-ethyl adjacent to an activating group) is 1. The van der Waals surface area contributed by atoms with E-state index < -0.39 is 17.5 Å². The van der Waals surface area contributed by atoms with E-state index in [1.807, 2.05) is 0 Å². The lowest BCUT2D eigenvalue weighted by atomic mass is 9.64. The van der Waals surface area contributed by atoms with Crippen molar-refractivity contribution >= 4 is 28.7 Å². The molecule has 2 heterocycles. The zero-order valence-corrected chi connectivity index (χ0v) is 18.9. The first kappa shape index (κ1) is 22.0. The smallest absolute Gasteiger partial charge is 0.325 e. The minimum absolute atomic E-state index is 0.0533. The number of fused-ring (bicyclic) bond motifs is 1. The molecule has 2 fully saturated rings. The number of H-pyrrole nitrogens is 1. The van der Waals surface area contributed by atoms with Gasteiger partial charge in [-0.3, -0.25) is 19.3 Å². The zero-order valence-electron chi connectivity index (χ0n) is 18.9. The summed E-state index contributed by atoms with van der Waals surface area (Å²) in [5.41, 5.74) is -0.763. The van der Waals surface area contributed by atoms with Gasteiger partial charge in [0, 0.05) is 7.05 Å². The molecule has 1 saturated heterocycles. The van der Waals surface area contributed by atoms with Gasteiger partial charge in [-0.05, 0) is 42.7 Å². The van der Waals surface area contributed by atoms with E-state index in [1.165, 1.54) is 4.90 Å². The van der Waals surface area contributed by atoms with E-state index >= 15 is 0 Å². The molecule has 1 aromatic carbocycles. The number of amides is 4. The van der Waals surface area contributed by atoms with Crippen molar-refractivity contribution < 1.29 is 14.4 Å². The molecule has 1 aliphatic carbocycles. The lowest BCUT2D eigenvalue weighted by Gasteiger charge is -2.43. The molecule has 2 atom stereocenters. The van der Waals surface area contributed by atoms with Crippen LogP contribution < -0.4 is 10.9 Å². The summed E-state index contributed by atoms with van der Waals surface area (Å²) in [6, 6.07) is 6.43. The number of aromatic nitrogens is 2. The topological polar surface area (TPSA) is 115 Å². The lowest BCUT2D eigenvalue weighted by molar-refractivity contribution is -0.140. The molecule has 9 heteroatoms. The Morgan fingerprint density at radius 1 is 1.22 bits per heavy atom. The number of aromatic amines is 1. The first-order valence-corrected chi connectivity index (χ1v) is 10.9. The summed E-state index contributed by atoms with van der Waals surface area (Å²) in [4.78, 5) is 60.5. The van der Waals surface area contributed by atoms with Crippen molar-refractivity contribution in [2.45, 2.75) is 52.1 Å². The third-order valence-electron chi connectivity index (χ3n) is 6.39. The van der Waals surface area contributed by atoms with Gasteiger partial charge in [-0.1, -0.05) is 32.9 Å². The fourth-order valence-electron chi connectivity index (χ4n) is 5.43. The van der Waals surface area contributed by atoms with E-state index in [9.17, 15) is 19.2 Å². The molecule has 1 saturated carbocycles. The molecule has 32 heavy (non-hydrogen) atoms. The molecule has 0 bridgehead atoms. The van der Waals surface area contributed by atoms with Crippen LogP contribution in [0.4, 0.5) is 4.79 Å². The molecule has 2 aromatic rings. The number of para-hydroxylation sites is 1. The van der Waals surface area contributed by atoms with Crippen LogP contribution in [0.15, 0.2) is 29.1 Å². The van der Waals surface area contributed by atoms with Gasteiger partial charge in [0.1, 0.15) is 17.9 Å². The third-order valence-corrected chi connectivity index (χ3v) is 6.39. The molecule has 0 radical (unpaired) electrons. The summed E-state index contributed by atoms with van der Waals surface area (Å²) >= 11 is 0. The highest BCUT2D eigenvalue weighted by Crippen LogP contribution is 2.46. The summed E-state index contributed by atoms with van der Waals surface area (Å²) in [6.45, 7) is 5.99. The van der Waals surface area contributed by atoms with Crippen LogP contribution in [0.3, 0.4) is 0 Å². The maximum absolute atomic E-state index is 13.2. The molecule has 0 unspecified atom stereocenters. The molecule has 4 amide bonds. The Labute approximate surface area is 186 Å². The van der Waals surface area contributed by atoms with Crippen molar-refractivity contribution in [1.29, 1.82) is 0 Å². The van der Waals surface area contributed by atoms with E-state index in [-0.39, 0.29) is 35.9 Å². The van der Waals surface area contributed by atoms with Gasteiger partial charge in [0.25, 0.3) is 11.5 Å². The second kappa shape index (κ2) is 7.72. The summed E-state index contributed by atoms with van der Waals surface area (Å²) in [7, 11) is 1.55. The van der Waals surface area contributed by atoms with E-state index in [2.05, 4.69) is 36.1 Å². The molecule has 2 aliphatic rings. The van der Waals surface area contributed by atoms with Crippen molar-refractivity contribution in [3.05, 3.63) is 40.4 Å². The second-order valence-electron chi connectivity index (χ2n) is 10.0. The number of nitrogens with zero attached hydrogens (tertiary/aromatic N) is 3. The van der Waals surface area contributed by atoms with Gasteiger partial charge in [-0.15, -0.1) is 0 Å².